The molecule has 0 radical (unpaired) electrons. The molecule has 0 aliphatic carbocycles. The van der Waals surface area contributed by atoms with Crippen molar-refractivity contribution in [3.05, 3.63) is 54.5 Å². The fraction of sp³-hybridized carbons (Fsp3) is 0.278. The number of aliphatic hydroxyl groups excluding tert-OH is 1. The van der Waals surface area contributed by atoms with E-state index in [1.807, 2.05) is 34.9 Å². The van der Waals surface area contributed by atoms with Crippen LogP contribution in [0.1, 0.15) is 16.8 Å². The summed E-state index contributed by atoms with van der Waals surface area (Å²) in [4.78, 5) is 21.2. The Kier molecular flexibility index (Phi) is 7.15. The number of rotatable bonds is 4. The predicted molar refractivity (Wildman–Crippen MR) is 108 cm³/mol. The third kappa shape index (κ3) is 4.39. The summed E-state index contributed by atoms with van der Waals surface area (Å²) < 4.78 is 1.89. The number of hydrogen-bond acceptors (Lipinski definition) is 5. The monoisotopic (exact) mass is 409 g/mol. The van der Waals surface area contributed by atoms with Gasteiger partial charge < -0.3 is 15.7 Å². The van der Waals surface area contributed by atoms with Gasteiger partial charge in [-0.3, -0.25) is 9.36 Å². The summed E-state index contributed by atoms with van der Waals surface area (Å²) in [5, 5.41) is 15.3. The van der Waals surface area contributed by atoms with Crippen molar-refractivity contribution in [1.29, 1.82) is 0 Å². The number of hydrogen-bond donors (Lipinski definition) is 3. The molecule has 7 nitrogen and oxygen atoms in total. The molecular weight excluding hydrogens is 389 g/mol. The number of pyridine rings is 1. The lowest BCUT2D eigenvalue weighted by Crippen LogP contribution is -2.36. The van der Waals surface area contributed by atoms with Gasteiger partial charge in [0.25, 0.3) is 5.91 Å². The van der Waals surface area contributed by atoms with Crippen LogP contribution in [-0.2, 0) is 0 Å². The molecule has 0 unspecified atom stereocenters. The minimum Gasteiger partial charge on any atom is -0.395 e. The highest BCUT2D eigenvalue weighted by Crippen LogP contribution is 2.17. The van der Waals surface area contributed by atoms with Crippen molar-refractivity contribution in [3.63, 3.8) is 0 Å². The summed E-state index contributed by atoms with van der Waals surface area (Å²) >= 11 is 0. The van der Waals surface area contributed by atoms with E-state index >= 15 is 0 Å². The SMILES string of the molecule is Cl.Cl.O=C(N[C@@H]1CN[C@@H](CO)C1)c1cnc2c(c1)ncn2-c1ccccc1. The highest BCUT2D eigenvalue weighted by Gasteiger charge is 2.25. The zero-order chi connectivity index (χ0) is 17.2. The van der Waals surface area contributed by atoms with Gasteiger partial charge in [-0.15, -0.1) is 24.8 Å². The lowest BCUT2D eigenvalue weighted by molar-refractivity contribution is 0.0939. The van der Waals surface area contributed by atoms with Gasteiger partial charge in [-0.2, -0.15) is 0 Å². The molecule has 3 aromatic rings. The maximum atomic E-state index is 12.4. The predicted octanol–water partition coefficient (Wildman–Crippen LogP) is 1.72. The summed E-state index contributed by atoms with van der Waals surface area (Å²) in [5.41, 5.74) is 2.85. The third-order valence-electron chi connectivity index (χ3n) is 4.46. The maximum absolute atomic E-state index is 12.4. The van der Waals surface area contributed by atoms with E-state index in [9.17, 15) is 4.79 Å². The summed E-state index contributed by atoms with van der Waals surface area (Å²) in [5.74, 6) is -0.172. The van der Waals surface area contributed by atoms with Crippen molar-refractivity contribution >= 4 is 41.9 Å². The first-order valence-corrected chi connectivity index (χ1v) is 8.28. The molecule has 0 bridgehead atoms. The van der Waals surface area contributed by atoms with Crippen LogP contribution >= 0.6 is 24.8 Å². The second-order valence-corrected chi connectivity index (χ2v) is 6.21. The molecule has 3 heterocycles. The molecule has 27 heavy (non-hydrogen) atoms. The summed E-state index contributed by atoms with van der Waals surface area (Å²) in [7, 11) is 0. The van der Waals surface area contributed by atoms with Crippen LogP contribution < -0.4 is 10.6 Å². The number of aromatic nitrogens is 3. The minimum absolute atomic E-state index is 0. The number of nitrogens with zero attached hydrogens (tertiary/aromatic N) is 3. The van der Waals surface area contributed by atoms with E-state index in [0.29, 0.717) is 23.3 Å². The average Bonchev–Trinajstić information content (AvgIpc) is 3.28. The summed E-state index contributed by atoms with van der Waals surface area (Å²) in [6, 6.07) is 11.6. The molecule has 144 valence electrons. The van der Waals surface area contributed by atoms with Gasteiger partial charge in [0, 0.05) is 30.5 Å². The van der Waals surface area contributed by atoms with Crippen molar-refractivity contribution in [1.82, 2.24) is 25.2 Å². The molecule has 1 saturated heterocycles. The van der Waals surface area contributed by atoms with E-state index in [4.69, 9.17) is 5.11 Å². The topological polar surface area (TPSA) is 92.1 Å². The van der Waals surface area contributed by atoms with Gasteiger partial charge in [-0.1, -0.05) is 18.2 Å². The van der Waals surface area contributed by atoms with Crippen LogP contribution in [0.15, 0.2) is 48.9 Å². The second kappa shape index (κ2) is 9.14. The van der Waals surface area contributed by atoms with Crippen molar-refractivity contribution in [3.8, 4) is 5.69 Å². The van der Waals surface area contributed by atoms with E-state index in [1.54, 1.807) is 18.6 Å². The number of amides is 1. The largest absolute Gasteiger partial charge is 0.395 e. The maximum Gasteiger partial charge on any atom is 0.253 e. The van der Waals surface area contributed by atoms with Crippen molar-refractivity contribution < 1.29 is 9.90 Å². The lowest BCUT2D eigenvalue weighted by Gasteiger charge is -2.11. The number of fused-ring (bicyclic) bond motifs is 1. The van der Waals surface area contributed by atoms with E-state index in [1.165, 1.54) is 0 Å². The Labute approximate surface area is 169 Å². The van der Waals surface area contributed by atoms with Gasteiger partial charge in [0.1, 0.15) is 11.8 Å². The van der Waals surface area contributed by atoms with Crippen LogP contribution in [0.5, 0.6) is 0 Å². The number of carbonyl (C=O) groups is 1. The van der Waals surface area contributed by atoms with Gasteiger partial charge in [0.05, 0.1) is 12.2 Å². The summed E-state index contributed by atoms with van der Waals surface area (Å²) in [6.07, 6.45) is 4.01. The number of imidazole rings is 1. The van der Waals surface area contributed by atoms with Crippen molar-refractivity contribution in [2.45, 2.75) is 18.5 Å². The van der Waals surface area contributed by atoms with E-state index in [0.717, 1.165) is 12.1 Å². The van der Waals surface area contributed by atoms with Crippen LogP contribution in [0.25, 0.3) is 16.9 Å². The number of halogens is 2. The summed E-state index contributed by atoms with van der Waals surface area (Å²) in [6.45, 7) is 0.742. The average molecular weight is 410 g/mol. The molecular formula is C18H21Cl2N5O2. The zero-order valence-corrected chi connectivity index (χ0v) is 16.0. The number of carbonyl (C=O) groups excluding carboxylic acids is 1. The first-order chi connectivity index (χ1) is 12.2. The molecule has 9 heteroatoms. The Morgan fingerprint density at radius 2 is 2.04 bits per heavy atom. The van der Waals surface area contributed by atoms with E-state index < -0.39 is 0 Å². The van der Waals surface area contributed by atoms with Crippen molar-refractivity contribution in [2.24, 2.45) is 0 Å². The smallest absolute Gasteiger partial charge is 0.253 e. The highest BCUT2D eigenvalue weighted by atomic mass is 35.5. The molecule has 1 aromatic carbocycles. The Hall–Kier alpha value is -2.19. The fourth-order valence-electron chi connectivity index (χ4n) is 3.14. The quantitative estimate of drug-likeness (QED) is 0.609. The number of aliphatic hydroxyl groups is 1. The molecule has 0 saturated carbocycles. The third-order valence-corrected chi connectivity index (χ3v) is 4.46. The molecule has 1 aliphatic rings. The molecule has 2 atom stereocenters. The molecule has 1 aliphatic heterocycles. The number of benzene rings is 1. The zero-order valence-electron chi connectivity index (χ0n) is 14.4. The lowest BCUT2D eigenvalue weighted by atomic mass is 10.1. The van der Waals surface area contributed by atoms with Gasteiger partial charge in [-0.25, -0.2) is 9.97 Å². The molecule has 1 fully saturated rings. The van der Waals surface area contributed by atoms with E-state index in [-0.39, 0.29) is 49.4 Å². The van der Waals surface area contributed by atoms with Crippen LogP contribution in [0, 0.1) is 0 Å². The normalized spacial score (nSPS) is 18.6. The Balaban J connectivity index is 0.00000131. The fourth-order valence-corrected chi connectivity index (χ4v) is 3.14. The standard InChI is InChI=1S/C18H19N5O2.2ClH/c24-10-14-7-13(9-19-14)22-18(25)12-6-16-17(20-8-12)23(11-21-16)15-4-2-1-3-5-15;;/h1-6,8,11,13-14,19,24H,7,9-10H2,(H,22,25);2*1H/t13-,14+;;/m0../s1. The van der Waals surface area contributed by atoms with Crippen LogP contribution in [0.3, 0.4) is 0 Å². The minimum atomic E-state index is -0.172. The molecule has 1 amide bonds. The molecule has 4 rings (SSSR count). The molecule has 0 spiro atoms. The Morgan fingerprint density at radius 1 is 1.26 bits per heavy atom. The van der Waals surface area contributed by atoms with Gasteiger partial charge in [0.2, 0.25) is 0 Å². The van der Waals surface area contributed by atoms with Crippen LogP contribution in [0.2, 0.25) is 0 Å². The number of nitrogens with one attached hydrogen (secondary N) is 2. The first kappa shape index (κ1) is 21.1. The van der Waals surface area contributed by atoms with E-state index in [2.05, 4.69) is 20.6 Å². The van der Waals surface area contributed by atoms with Crippen molar-refractivity contribution in [2.75, 3.05) is 13.2 Å². The molecule has 3 N–H and O–H groups in total. The first-order valence-electron chi connectivity index (χ1n) is 8.28. The van der Waals surface area contributed by atoms with Crippen LogP contribution in [-0.4, -0.2) is 50.8 Å². The van der Waals surface area contributed by atoms with Gasteiger partial charge in [0.15, 0.2) is 5.65 Å². The van der Waals surface area contributed by atoms with Crippen LogP contribution in [0.4, 0.5) is 0 Å². The highest BCUT2D eigenvalue weighted by molar-refractivity contribution is 5.96. The molecule has 2 aromatic heterocycles. The van der Waals surface area contributed by atoms with Gasteiger partial charge >= 0.3 is 0 Å². The Bertz CT molecular complexity index is 903. The number of para-hydroxylation sites is 1. The second-order valence-electron chi connectivity index (χ2n) is 6.21. The van der Waals surface area contributed by atoms with Gasteiger partial charge in [-0.05, 0) is 24.6 Å². The Morgan fingerprint density at radius 3 is 2.74 bits per heavy atom.